The fourth-order valence-corrected chi connectivity index (χ4v) is 7.39. The third-order valence-corrected chi connectivity index (χ3v) is 8.12. The van der Waals surface area contributed by atoms with Crippen molar-refractivity contribution in [2.45, 2.75) is 57.6 Å². The molecule has 15 heavy (non-hydrogen) atoms. The Hall–Kier alpha value is 0.258. The van der Waals surface area contributed by atoms with Crippen molar-refractivity contribution in [3.63, 3.8) is 0 Å². The van der Waals surface area contributed by atoms with E-state index in [0.29, 0.717) is 0 Å². The first-order chi connectivity index (χ1) is 6.70. The second kappa shape index (κ2) is 6.76. The van der Waals surface area contributed by atoms with Gasteiger partial charge in [0.15, 0.2) is 0 Å². The Kier molecular flexibility index (Phi) is 6.87. The summed E-state index contributed by atoms with van der Waals surface area (Å²) in [5, 5.41) is 12.4. The topological polar surface area (TPSA) is 20.2 Å². The molecule has 0 atom stereocenters. The van der Waals surface area contributed by atoms with Gasteiger partial charge in [-0.25, -0.2) is 0 Å². The Balaban J connectivity index is 4.30. The molecule has 0 spiro atoms. The number of hydrogen-bond acceptors (Lipinski definition) is 1. The van der Waals surface area contributed by atoms with Gasteiger partial charge in [-0.15, -0.1) is 0 Å². The van der Waals surface area contributed by atoms with Crippen LogP contribution in [-0.4, -0.2) is 25.4 Å². The zero-order valence-electron chi connectivity index (χ0n) is 11.1. The van der Waals surface area contributed by atoms with Crippen LogP contribution in [0.25, 0.3) is 0 Å². The summed E-state index contributed by atoms with van der Waals surface area (Å²) in [5.41, 5.74) is -0.638. The average molecular weight is 274 g/mol. The van der Waals surface area contributed by atoms with E-state index in [-0.39, 0.29) is 0 Å². The third-order valence-electron chi connectivity index (χ3n) is 1.89. The molecule has 2 heteroatoms. The van der Waals surface area contributed by atoms with Crippen molar-refractivity contribution in [3.8, 4) is 0 Å². The van der Waals surface area contributed by atoms with E-state index in [2.05, 4.69) is 32.6 Å². The Labute approximate surface area is 100 Å². The number of hydrogen-bond donors (Lipinski definition) is 1. The van der Waals surface area contributed by atoms with Crippen LogP contribution in [0.3, 0.4) is 0 Å². The summed E-state index contributed by atoms with van der Waals surface area (Å²) >= 11 is -0.860. The van der Waals surface area contributed by atoms with Gasteiger partial charge in [0.05, 0.1) is 0 Å². The van der Waals surface area contributed by atoms with Crippen LogP contribution in [0.2, 0.25) is 10.4 Å². The molecule has 0 aromatic heterocycles. The van der Waals surface area contributed by atoms with E-state index in [0.717, 1.165) is 11.8 Å². The predicted molar refractivity (Wildman–Crippen MR) is 70.5 cm³/mol. The first kappa shape index (κ1) is 15.3. The Morgan fingerprint density at radius 1 is 1.07 bits per heavy atom. The molecule has 0 aliphatic heterocycles. The molecule has 0 unspecified atom stereocenters. The average Bonchev–Trinajstić information content (AvgIpc) is 1.96. The van der Waals surface area contributed by atoms with Gasteiger partial charge < -0.3 is 0 Å². The van der Waals surface area contributed by atoms with Crippen LogP contribution in [0.1, 0.15) is 41.5 Å². The molecular weight excluding hydrogens is 247 g/mol. The fourth-order valence-electron chi connectivity index (χ4n) is 1.42. The van der Waals surface area contributed by atoms with E-state index < -0.39 is 20.3 Å². The fraction of sp³-hybridized carbons (Fsp3) is 0.846. The molecule has 0 heterocycles. The molecule has 1 N–H and O–H groups in total. The summed E-state index contributed by atoms with van der Waals surface area (Å²) < 4.78 is 0. The van der Waals surface area contributed by atoms with E-state index in [1.807, 2.05) is 19.9 Å². The van der Waals surface area contributed by atoms with Crippen molar-refractivity contribution in [1.82, 2.24) is 0 Å². The van der Waals surface area contributed by atoms with Gasteiger partial charge in [0.2, 0.25) is 0 Å². The van der Waals surface area contributed by atoms with Crippen LogP contribution in [0.5, 0.6) is 0 Å². The van der Waals surface area contributed by atoms with Gasteiger partial charge >= 0.3 is 100 Å². The van der Waals surface area contributed by atoms with Gasteiger partial charge in [-0.2, -0.15) is 0 Å². The summed E-state index contributed by atoms with van der Waals surface area (Å²) in [6.07, 6.45) is 2.00. The zero-order chi connectivity index (χ0) is 12.1. The molecule has 0 bridgehead atoms. The molecule has 0 rings (SSSR count). The van der Waals surface area contributed by atoms with Crippen molar-refractivity contribution in [2.24, 2.45) is 11.8 Å². The van der Waals surface area contributed by atoms with E-state index in [1.54, 1.807) is 0 Å². The van der Waals surface area contributed by atoms with E-state index >= 15 is 0 Å². The molecule has 0 amide bonds. The summed E-state index contributed by atoms with van der Waals surface area (Å²) in [6, 6.07) is 0. The Morgan fingerprint density at radius 2 is 1.47 bits per heavy atom. The van der Waals surface area contributed by atoms with Crippen LogP contribution in [0.15, 0.2) is 10.9 Å². The summed E-state index contributed by atoms with van der Waals surface area (Å²) in [5.74, 6) is 1.57. The zero-order valence-corrected chi connectivity index (χ0v) is 13.0. The van der Waals surface area contributed by atoms with Crippen molar-refractivity contribution < 1.29 is 5.11 Å². The monoisotopic (exact) mass is 274 g/mol. The molecule has 0 aliphatic carbocycles. The minimum atomic E-state index is -0.860. The first-order valence-electron chi connectivity index (χ1n) is 5.86. The molecule has 0 radical (unpaired) electrons. The molecule has 0 aliphatic rings. The first-order valence-corrected chi connectivity index (χ1v) is 9.60. The van der Waals surface area contributed by atoms with Gasteiger partial charge in [-0.1, -0.05) is 0 Å². The third kappa shape index (κ3) is 10.5. The SMILES string of the molecule is CC(C)C[As](/C=C\C(C)(C)O)CC(C)C. The minimum absolute atomic E-state index is 0.638. The molecule has 90 valence electrons. The van der Waals surface area contributed by atoms with Gasteiger partial charge in [-0.3, -0.25) is 0 Å². The van der Waals surface area contributed by atoms with Crippen LogP contribution in [-0.2, 0) is 0 Å². The molecule has 0 saturated heterocycles. The molecule has 0 aromatic carbocycles. The van der Waals surface area contributed by atoms with Crippen LogP contribution in [0, 0.1) is 11.8 Å². The maximum atomic E-state index is 9.67. The van der Waals surface area contributed by atoms with Gasteiger partial charge in [0, 0.05) is 0 Å². The molecule has 0 aromatic rings. The van der Waals surface area contributed by atoms with Gasteiger partial charge in [0.1, 0.15) is 0 Å². The van der Waals surface area contributed by atoms with Crippen molar-refractivity contribution in [3.05, 3.63) is 10.9 Å². The van der Waals surface area contributed by atoms with Crippen LogP contribution < -0.4 is 0 Å². The molecule has 1 nitrogen and oxygen atoms in total. The Morgan fingerprint density at radius 3 is 1.73 bits per heavy atom. The van der Waals surface area contributed by atoms with Crippen molar-refractivity contribution >= 4 is 14.7 Å². The number of aliphatic hydroxyl groups is 1. The normalized spacial score (nSPS) is 13.7. The second-order valence-electron chi connectivity index (χ2n) is 5.71. The van der Waals surface area contributed by atoms with Gasteiger partial charge in [0.25, 0.3) is 0 Å². The maximum absolute atomic E-state index is 9.67. The second-order valence-corrected chi connectivity index (χ2v) is 10.3. The quantitative estimate of drug-likeness (QED) is 0.733. The van der Waals surface area contributed by atoms with E-state index in [1.165, 1.54) is 10.4 Å². The van der Waals surface area contributed by atoms with Crippen LogP contribution >= 0.6 is 0 Å². The van der Waals surface area contributed by atoms with E-state index in [4.69, 9.17) is 0 Å². The summed E-state index contributed by atoms with van der Waals surface area (Å²) in [4.78, 5) is 2.34. The summed E-state index contributed by atoms with van der Waals surface area (Å²) in [6.45, 7) is 12.9. The summed E-state index contributed by atoms with van der Waals surface area (Å²) in [7, 11) is 0. The van der Waals surface area contributed by atoms with Crippen molar-refractivity contribution in [2.75, 3.05) is 0 Å². The number of rotatable bonds is 6. The molecule has 0 fully saturated rings. The predicted octanol–water partition coefficient (Wildman–Crippen LogP) is 3.66. The van der Waals surface area contributed by atoms with Crippen molar-refractivity contribution in [1.29, 1.82) is 0 Å². The molecular formula is C13H27AsO. The standard InChI is InChI=1S/C13H27AsO/c1-11(2)9-14(10-12(3)4)8-7-13(5,6)15/h7-8,11-12,15H,9-10H2,1-6H3/b8-7-. The molecule has 0 saturated carbocycles. The van der Waals surface area contributed by atoms with Gasteiger partial charge in [-0.05, 0) is 0 Å². The van der Waals surface area contributed by atoms with Crippen LogP contribution in [0.4, 0.5) is 0 Å². The Bertz CT molecular complexity index is 179. The van der Waals surface area contributed by atoms with E-state index in [9.17, 15) is 5.11 Å².